The van der Waals surface area contributed by atoms with E-state index in [-0.39, 0.29) is 17.4 Å². The van der Waals surface area contributed by atoms with Gasteiger partial charge in [0.15, 0.2) is 6.61 Å². The van der Waals surface area contributed by atoms with Gasteiger partial charge in [-0.2, -0.15) is 4.31 Å². The predicted molar refractivity (Wildman–Crippen MR) is 117 cm³/mol. The number of rotatable bonds is 7. The normalized spacial score (nSPS) is 15.9. The fraction of sp³-hybridized carbons (Fsp3) is 0.409. The lowest BCUT2D eigenvalue weighted by Crippen LogP contribution is -2.46. The Morgan fingerprint density at radius 3 is 2.17 bits per heavy atom. The molecule has 7 nitrogen and oxygen atoms in total. The van der Waals surface area contributed by atoms with Crippen molar-refractivity contribution in [3.05, 3.63) is 54.1 Å². The molecule has 30 heavy (non-hydrogen) atoms. The molecule has 0 spiro atoms. The first-order chi connectivity index (χ1) is 14.3. The molecule has 1 amide bonds. The van der Waals surface area contributed by atoms with E-state index in [1.165, 1.54) is 22.0 Å². The molecule has 0 aromatic heterocycles. The van der Waals surface area contributed by atoms with Gasteiger partial charge in [-0.15, -0.1) is 0 Å². The number of ether oxygens (including phenoxy) is 1. The van der Waals surface area contributed by atoms with Crippen LogP contribution in [0.25, 0.3) is 0 Å². The zero-order valence-electron chi connectivity index (χ0n) is 17.7. The third kappa shape index (κ3) is 5.59. The van der Waals surface area contributed by atoms with Crippen molar-refractivity contribution in [2.24, 2.45) is 0 Å². The van der Waals surface area contributed by atoms with E-state index in [9.17, 15) is 13.2 Å². The molecule has 0 atom stereocenters. The van der Waals surface area contributed by atoms with Gasteiger partial charge in [-0.25, -0.2) is 8.42 Å². The van der Waals surface area contributed by atoms with Crippen molar-refractivity contribution in [2.75, 3.05) is 45.2 Å². The lowest BCUT2D eigenvalue weighted by atomic mass is 10.0. The lowest BCUT2D eigenvalue weighted by molar-refractivity contribution is -0.118. The number of hydrogen-bond donors (Lipinski definition) is 1. The molecule has 0 bridgehead atoms. The van der Waals surface area contributed by atoms with Crippen molar-refractivity contribution in [1.82, 2.24) is 9.21 Å². The summed E-state index contributed by atoms with van der Waals surface area (Å²) in [5.74, 6) is 0.756. The first kappa shape index (κ1) is 22.3. The van der Waals surface area contributed by atoms with Crippen LogP contribution in [0.2, 0.25) is 0 Å². The molecule has 8 heteroatoms. The van der Waals surface area contributed by atoms with Crippen LogP contribution in [0, 0.1) is 0 Å². The van der Waals surface area contributed by atoms with Crippen molar-refractivity contribution in [1.29, 1.82) is 0 Å². The van der Waals surface area contributed by atoms with E-state index in [4.69, 9.17) is 4.74 Å². The molecule has 1 saturated heterocycles. The van der Waals surface area contributed by atoms with Crippen LogP contribution in [0.15, 0.2) is 53.4 Å². The zero-order valence-corrected chi connectivity index (χ0v) is 18.5. The van der Waals surface area contributed by atoms with E-state index in [1.54, 1.807) is 12.1 Å². The minimum Gasteiger partial charge on any atom is -0.484 e. The van der Waals surface area contributed by atoms with Crippen LogP contribution in [0.1, 0.15) is 25.3 Å². The molecule has 2 aromatic rings. The summed E-state index contributed by atoms with van der Waals surface area (Å²) in [6.07, 6.45) is 0. The Kier molecular flexibility index (Phi) is 7.12. The predicted octanol–water partition coefficient (Wildman–Crippen LogP) is 2.76. The van der Waals surface area contributed by atoms with Crippen LogP contribution in [0.4, 0.5) is 5.69 Å². The quantitative estimate of drug-likeness (QED) is 0.729. The Labute approximate surface area is 178 Å². The van der Waals surface area contributed by atoms with Crippen LogP contribution in [-0.4, -0.2) is 63.4 Å². The Hall–Kier alpha value is -2.42. The molecule has 1 fully saturated rings. The van der Waals surface area contributed by atoms with Crippen LogP contribution in [-0.2, 0) is 14.8 Å². The summed E-state index contributed by atoms with van der Waals surface area (Å²) in [7, 11) is -1.54. The van der Waals surface area contributed by atoms with Gasteiger partial charge in [0.25, 0.3) is 5.91 Å². The number of amides is 1. The summed E-state index contributed by atoms with van der Waals surface area (Å²) in [5.41, 5.74) is 1.73. The van der Waals surface area contributed by atoms with Gasteiger partial charge in [-0.05, 0) is 54.9 Å². The summed E-state index contributed by atoms with van der Waals surface area (Å²) in [4.78, 5) is 14.5. The molecule has 162 valence electrons. The summed E-state index contributed by atoms with van der Waals surface area (Å²) >= 11 is 0. The van der Waals surface area contributed by atoms with Crippen molar-refractivity contribution < 1.29 is 17.9 Å². The molecule has 0 saturated carbocycles. The fourth-order valence-electron chi connectivity index (χ4n) is 3.18. The van der Waals surface area contributed by atoms with E-state index >= 15 is 0 Å². The topological polar surface area (TPSA) is 78.9 Å². The minimum absolute atomic E-state index is 0.123. The molecule has 1 aliphatic heterocycles. The van der Waals surface area contributed by atoms with Crippen molar-refractivity contribution >= 4 is 21.6 Å². The number of sulfonamides is 1. The molecule has 3 rings (SSSR count). The standard InChI is InChI=1S/C22H29N3O4S/c1-17(2)18-4-8-20(9-5-18)29-16-22(26)23-19-6-10-21(11-7-19)30(27,28)25-14-12-24(3)13-15-25/h4-11,17H,12-16H2,1-3H3,(H,23,26). The largest absolute Gasteiger partial charge is 0.484 e. The number of piperazine rings is 1. The van der Waals surface area contributed by atoms with Crippen molar-refractivity contribution in [2.45, 2.75) is 24.7 Å². The van der Waals surface area contributed by atoms with Gasteiger partial charge in [-0.1, -0.05) is 26.0 Å². The third-order valence-electron chi connectivity index (χ3n) is 5.15. The van der Waals surface area contributed by atoms with E-state index < -0.39 is 10.0 Å². The highest BCUT2D eigenvalue weighted by Gasteiger charge is 2.27. The molecule has 1 heterocycles. The first-order valence-electron chi connectivity index (χ1n) is 10.1. The van der Waals surface area contributed by atoms with Crippen LogP contribution in [0.3, 0.4) is 0 Å². The van der Waals surface area contributed by atoms with Crippen LogP contribution < -0.4 is 10.1 Å². The Morgan fingerprint density at radius 2 is 1.60 bits per heavy atom. The number of carbonyl (C=O) groups is 1. The number of benzene rings is 2. The highest BCUT2D eigenvalue weighted by Crippen LogP contribution is 2.20. The second-order valence-corrected chi connectivity index (χ2v) is 9.73. The van der Waals surface area contributed by atoms with Gasteiger partial charge in [0, 0.05) is 31.9 Å². The van der Waals surface area contributed by atoms with Gasteiger partial charge in [0.1, 0.15) is 5.75 Å². The Morgan fingerprint density at radius 1 is 1.00 bits per heavy atom. The molecule has 0 unspecified atom stereocenters. The van der Waals surface area contributed by atoms with E-state index in [0.717, 1.165) is 0 Å². The van der Waals surface area contributed by atoms with Crippen LogP contribution in [0.5, 0.6) is 5.75 Å². The fourth-order valence-corrected chi connectivity index (χ4v) is 4.60. The smallest absolute Gasteiger partial charge is 0.262 e. The number of nitrogens with one attached hydrogen (secondary N) is 1. The molecular weight excluding hydrogens is 402 g/mol. The zero-order chi connectivity index (χ0) is 21.7. The number of likely N-dealkylation sites (N-methyl/N-ethyl adjacent to an activating group) is 1. The van der Waals surface area contributed by atoms with Crippen molar-refractivity contribution in [3.8, 4) is 5.75 Å². The van der Waals surface area contributed by atoms with Gasteiger partial charge in [0.05, 0.1) is 4.90 Å². The highest BCUT2D eigenvalue weighted by atomic mass is 32.2. The molecule has 1 aliphatic rings. The SMILES string of the molecule is CC(C)c1ccc(OCC(=O)Nc2ccc(S(=O)(=O)N3CCN(C)CC3)cc2)cc1. The second-order valence-electron chi connectivity index (χ2n) is 7.79. The maximum Gasteiger partial charge on any atom is 0.262 e. The average molecular weight is 432 g/mol. The molecule has 0 aliphatic carbocycles. The number of nitrogens with zero attached hydrogens (tertiary/aromatic N) is 2. The van der Waals surface area contributed by atoms with Gasteiger partial charge < -0.3 is 15.0 Å². The van der Waals surface area contributed by atoms with E-state index in [2.05, 4.69) is 24.1 Å². The summed E-state index contributed by atoms with van der Waals surface area (Å²) in [5, 5.41) is 2.73. The Balaban J connectivity index is 1.54. The van der Waals surface area contributed by atoms with Gasteiger partial charge >= 0.3 is 0 Å². The first-order valence-corrected chi connectivity index (χ1v) is 11.5. The maximum absolute atomic E-state index is 12.8. The highest BCUT2D eigenvalue weighted by molar-refractivity contribution is 7.89. The molecular formula is C22H29N3O4S. The summed E-state index contributed by atoms with van der Waals surface area (Å²) in [6, 6.07) is 13.9. The minimum atomic E-state index is -3.52. The molecule has 1 N–H and O–H groups in total. The van der Waals surface area contributed by atoms with E-state index in [1.807, 2.05) is 31.3 Å². The summed E-state index contributed by atoms with van der Waals surface area (Å²) < 4.78 is 32.5. The third-order valence-corrected chi connectivity index (χ3v) is 7.07. The van der Waals surface area contributed by atoms with Crippen molar-refractivity contribution in [3.63, 3.8) is 0 Å². The van der Waals surface area contributed by atoms with Crippen LogP contribution >= 0.6 is 0 Å². The molecule has 2 aromatic carbocycles. The summed E-state index contributed by atoms with van der Waals surface area (Å²) in [6.45, 7) is 6.50. The number of anilines is 1. The average Bonchev–Trinajstić information content (AvgIpc) is 2.73. The second kappa shape index (κ2) is 9.59. The van der Waals surface area contributed by atoms with Gasteiger partial charge in [-0.3, -0.25) is 4.79 Å². The Bertz CT molecular complexity index is 949. The number of carbonyl (C=O) groups excluding carboxylic acids is 1. The maximum atomic E-state index is 12.8. The van der Waals surface area contributed by atoms with Gasteiger partial charge in [0.2, 0.25) is 10.0 Å². The van der Waals surface area contributed by atoms with E-state index in [0.29, 0.717) is 43.5 Å². The monoisotopic (exact) mass is 431 g/mol. The number of hydrogen-bond acceptors (Lipinski definition) is 5. The molecule has 0 radical (unpaired) electrons. The lowest BCUT2D eigenvalue weighted by Gasteiger charge is -2.31.